The van der Waals surface area contributed by atoms with Gasteiger partial charge >= 0.3 is 0 Å². The number of morpholine rings is 1. The highest BCUT2D eigenvalue weighted by atomic mass is 79.9. The number of hydrogen-bond donors (Lipinski definition) is 3. The number of amides is 3. The molecule has 10 nitrogen and oxygen atoms in total. The lowest BCUT2D eigenvalue weighted by Crippen LogP contribution is -2.59. The number of fused-ring (bicyclic) bond motifs is 1. The first-order valence-corrected chi connectivity index (χ1v) is 15.4. The lowest BCUT2D eigenvalue weighted by molar-refractivity contribution is -0.147. The first-order valence-electron chi connectivity index (χ1n) is 14.5. The fraction of sp³-hybridized carbons (Fsp3) is 0.690. The van der Waals surface area contributed by atoms with E-state index in [4.69, 9.17) is 9.47 Å². The van der Waals surface area contributed by atoms with Gasteiger partial charge in [0.1, 0.15) is 11.6 Å². The molecule has 0 radical (unpaired) electrons. The molecule has 5 rings (SSSR count). The van der Waals surface area contributed by atoms with Crippen LogP contribution in [0.4, 0.5) is 0 Å². The van der Waals surface area contributed by atoms with E-state index in [9.17, 15) is 19.5 Å². The molecule has 4 heterocycles. The lowest BCUT2D eigenvalue weighted by Gasteiger charge is -2.39. The Morgan fingerprint density at radius 2 is 1.90 bits per heavy atom. The molecule has 2 bridgehead atoms. The second-order valence-corrected chi connectivity index (χ2v) is 12.7. The molecule has 3 amide bonds. The van der Waals surface area contributed by atoms with Gasteiger partial charge in [-0.15, -0.1) is 0 Å². The quantitative estimate of drug-likeness (QED) is 0.315. The van der Waals surface area contributed by atoms with Gasteiger partial charge in [0.25, 0.3) is 0 Å². The topological polar surface area (TPSA) is 120 Å². The highest BCUT2D eigenvalue weighted by Gasteiger charge is 2.77. The second-order valence-electron chi connectivity index (χ2n) is 11.5. The predicted molar refractivity (Wildman–Crippen MR) is 151 cm³/mol. The Bertz CT molecular complexity index is 1070. The zero-order chi connectivity index (χ0) is 28.4. The molecule has 3 unspecified atom stereocenters. The number of alkyl halides is 1. The minimum absolute atomic E-state index is 0.0462. The van der Waals surface area contributed by atoms with Gasteiger partial charge in [0.05, 0.1) is 43.8 Å². The Hall–Kier alpha value is -2.05. The molecule has 0 aromatic heterocycles. The Morgan fingerprint density at radius 3 is 2.58 bits per heavy atom. The van der Waals surface area contributed by atoms with Crippen molar-refractivity contribution in [1.29, 1.82) is 0 Å². The number of halogens is 1. The molecule has 40 heavy (non-hydrogen) atoms. The van der Waals surface area contributed by atoms with E-state index < -0.39 is 35.6 Å². The van der Waals surface area contributed by atoms with Crippen LogP contribution in [0, 0.1) is 17.8 Å². The van der Waals surface area contributed by atoms with Gasteiger partial charge in [0, 0.05) is 37.6 Å². The van der Waals surface area contributed by atoms with Gasteiger partial charge in [0.15, 0.2) is 0 Å². The van der Waals surface area contributed by atoms with Crippen molar-refractivity contribution in [3.63, 3.8) is 0 Å². The average molecular weight is 622 g/mol. The summed E-state index contributed by atoms with van der Waals surface area (Å²) < 4.78 is 12.0. The number of aliphatic hydroxyl groups excluding tert-OH is 1. The number of aliphatic hydroxyl groups is 1. The average Bonchev–Trinajstić information content (AvgIpc) is 3.56. The molecule has 1 aromatic carbocycles. The standard InChI is InChI=1S/C29H41BrN4O6/c1-3-18(2)21(17-35)34-25(27(37)31-9-10-33-11-13-39-14-12-33)29-15-20(30)24(40-29)22(23(29)28(34)38)26(36)32-16-19-7-5-4-6-8-19/h4-8,18,20-25,35H,3,9-17H2,1-2H3,(H,31,37)(H,32,36)/t18-,20?,21-,22+,23-,24+,25?,29?/m0/s1. The van der Waals surface area contributed by atoms with Crippen molar-refractivity contribution >= 4 is 33.7 Å². The van der Waals surface area contributed by atoms with E-state index in [0.29, 0.717) is 39.3 Å². The van der Waals surface area contributed by atoms with E-state index in [1.54, 1.807) is 4.90 Å². The number of nitrogens with one attached hydrogen (secondary N) is 2. The molecule has 3 N–H and O–H groups in total. The first-order chi connectivity index (χ1) is 19.3. The number of carbonyl (C=O) groups is 3. The summed E-state index contributed by atoms with van der Waals surface area (Å²) in [5.41, 5.74) is -0.187. The van der Waals surface area contributed by atoms with Crippen LogP contribution in [0.2, 0.25) is 0 Å². The summed E-state index contributed by atoms with van der Waals surface area (Å²) in [6.45, 7) is 8.11. The van der Waals surface area contributed by atoms with Crippen molar-refractivity contribution in [3.8, 4) is 0 Å². The van der Waals surface area contributed by atoms with Gasteiger partial charge in [0.2, 0.25) is 17.7 Å². The third-order valence-corrected chi connectivity index (χ3v) is 10.1. The van der Waals surface area contributed by atoms with E-state index in [-0.39, 0.29) is 35.1 Å². The maximum atomic E-state index is 14.3. The second kappa shape index (κ2) is 12.4. The van der Waals surface area contributed by atoms with Crippen molar-refractivity contribution in [3.05, 3.63) is 35.9 Å². The van der Waals surface area contributed by atoms with Crippen LogP contribution in [0.1, 0.15) is 32.3 Å². The summed E-state index contributed by atoms with van der Waals surface area (Å²) >= 11 is 3.71. The molecule has 1 aromatic rings. The first kappa shape index (κ1) is 29.4. The summed E-state index contributed by atoms with van der Waals surface area (Å²) in [6.07, 6.45) is 0.642. The van der Waals surface area contributed by atoms with Gasteiger partial charge in [-0.1, -0.05) is 66.5 Å². The molecule has 11 heteroatoms. The summed E-state index contributed by atoms with van der Waals surface area (Å²) in [6, 6.07) is 8.12. The summed E-state index contributed by atoms with van der Waals surface area (Å²) in [7, 11) is 0. The van der Waals surface area contributed by atoms with Gasteiger partial charge in [-0.2, -0.15) is 0 Å². The molecular formula is C29H41BrN4O6. The van der Waals surface area contributed by atoms with Gasteiger partial charge in [-0.25, -0.2) is 0 Å². The van der Waals surface area contributed by atoms with Crippen LogP contribution >= 0.6 is 15.9 Å². The van der Waals surface area contributed by atoms with Gasteiger partial charge < -0.3 is 30.1 Å². The van der Waals surface area contributed by atoms with E-state index >= 15 is 0 Å². The van der Waals surface area contributed by atoms with Crippen molar-refractivity contribution < 1.29 is 29.0 Å². The fourth-order valence-electron chi connectivity index (χ4n) is 7.00. The van der Waals surface area contributed by atoms with Crippen LogP contribution in [-0.2, 0) is 30.4 Å². The zero-order valence-corrected chi connectivity index (χ0v) is 24.8. The van der Waals surface area contributed by atoms with E-state index in [2.05, 4.69) is 31.5 Å². The molecule has 8 atom stereocenters. The lowest BCUT2D eigenvalue weighted by atomic mass is 9.70. The van der Waals surface area contributed by atoms with Crippen LogP contribution in [0.25, 0.3) is 0 Å². The Balaban J connectivity index is 1.41. The summed E-state index contributed by atoms with van der Waals surface area (Å²) in [5.74, 6) is -2.41. The number of carbonyl (C=O) groups excluding carboxylic acids is 3. The van der Waals surface area contributed by atoms with Crippen molar-refractivity contribution in [1.82, 2.24) is 20.4 Å². The number of nitrogens with zero attached hydrogens (tertiary/aromatic N) is 2. The highest BCUT2D eigenvalue weighted by Crippen LogP contribution is 2.60. The summed E-state index contributed by atoms with van der Waals surface area (Å²) in [4.78, 5) is 45.5. The van der Waals surface area contributed by atoms with Crippen LogP contribution in [-0.4, -0.2) is 107 Å². The SMILES string of the molecule is CC[C@H](C)[C@H](CO)N1C(=O)[C@@H]2[C@@H](C(=O)NCc3ccccc3)[C@@H]3OC2(CC3Br)C1C(=O)NCCN1CCOCC1. The number of hydrogen-bond acceptors (Lipinski definition) is 7. The van der Waals surface area contributed by atoms with E-state index in [1.165, 1.54) is 0 Å². The van der Waals surface area contributed by atoms with E-state index in [1.807, 2.05) is 44.2 Å². The Morgan fingerprint density at radius 1 is 1.18 bits per heavy atom. The number of benzene rings is 1. The monoisotopic (exact) mass is 620 g/mol. The third kappa shape index (κ3) is 5.31. The van der Waals surface area contributed by atoms with Crippen LogP contribution in [0.3, 0.4) is 0 Å². The van der Waals surface area contributed by atoms with Crippen LogP contribution in [0.5, 0.6) is 0 Å². The normalized spacial score (nSPS) is 33.0. The molecule has 1 spiro atoms. The molecule has 4 aliphatic heterocycles. The Kier molecular flexibility index (Phi) is 9.16. The zero-order valence-electron chi connectivity index (χ0n) is 23.3. The fourth-order valence-corrected chi connectivity index (χ4v) is 7.94. The third-order valence-electron chi connectivity index (χ3n) is 9.26. The highest BCUT2D eigenvalue weighted by molar-refractivity contribution is 9.09. The van der Waals surface area contributed by atoms with E-state index in [0.717, 1.165) is 25.1 Å². The number of ether oxygens (including phenoxy) is 2. The largest absolute Gasteiger partial charge is 0.394 e. The van der Waals surface area contributed by atoms with Crippen LogP contribution in [0.15, 0.2) is 30.3 Å². The molecule has 0 saturated carbocycles. The molecule has 4 saturated heterocycles. The molecule has 4 aliphatic rings. The summed E-state index contributed by atoms with van der Waals surface area (Å²) in [5, 5.41) is 16.5. The Labute approximate surface area is 244 Å². The molecule has 4 fully saturated rings. The smallest absolute Gasteiger partial charge is 0.245 e. The molecule has 220 valence electrons. The van der Waals surface area contributed by atoms with Crippen LogP contribution < -0.4 is 10.6 Å². The number of rotatable bonds is 11. The maximum absolute atomic E-state index is 14.3. The minimum atomic E-state index is -1.14. The van der Waals surface area contributed by atoms with Gasteiger partial charge in [-0.05, 0) is 17.9 Å². The maximum Gasteiger partial charge on any atom is 0.245 e. The minimum Gasteiger partial charge on any atom is -0.394 e. The molecular weight excluding hydrogens is 580 g/mol. The number of likely N-dealkylation sites (tertiary alicyclic amines) is 1. The predicted octanol–water partition coefficient (Wildman–Crippen LogP) is 0.906. The van der Waals surface area contributed by atoms with Crippen molar-refractivity contribution in [2.45, 2.75) is 61.8 Å². The van der Waals surface area contributed by atoms with Gasteiger partial charge in [-0.3, -0.25) is 19.3 Å². The van der Waals surface area contributed by atoms with Crippen molar-refractivity contribution in [2.24, 2.45) is 17.8 Å². The molecule has 0 aliphatic carbocycles. The van der Waals surface area contributed by atoms with Crippen molar-refractivity contribution in [2.75, 3.05) is 46.0 Å².